The maximum atomic E-state index is 10.9. The van der Waals surface area contributed by atoms with Crippen molar-refractivity contribution in [3.05, 3.63) is 0 Å². The quantitative estimate of drug-likeness (QED) is 0.228. The molecule has 3 heteroatoms. The zero-order valence-corrected chi connectivity index (χ0v) is 14.4. The van der Waals surface area contributed by atoms with E-state index in [1.54, 1.807) is 0 Å². The number of unbranched alkanes of at least 4 members (excludes halogenated alkanes) is 8. The Labute approximate surface area is 136 Å². The molecule has 0 saturated carbocycles. The zero-order chi connectivity index (χ0) is 16.0. The number of hydrogen-bond donors (Lipinski definition) is 0. The number of esters is 1. The molecular formula is C19H32O3. The molecule has 1 heterocycles. The molecule has 2 atom stereocenters. The number of rotatable bonds is 12. The number of ether oxygens (including phenoxy) is 2. The minimum Gasteiger partial charge on any atom is -0.469 e. The van der Waals surface area contributed by atoms with E-state index in [9.17, 15) is 4.79 Å². The molecule has 1 fully saturated rings. The first-order valence-electron chi connectivity index (χ1n) is 8.98. The Hall–Kier alpha value is -1.01. The monoisotopic (exact) mass is 308 g/mol. The molecule has 2 unspecified atom stereocenters. The molecule has 0 aromatic rings. The lowest BCUT2D eigenvalue weighted by Crippen LogP contribution is -1.99. The lowest BCUT2D eigenvalue weighted by Gasteiger charge is -1.99. The highest BCUT2D eigenvalue weighted by atomic mass is 16.6. The van der Waals surface area contributed by atoms with Gasteiger partial charge in [0.15, 0.2) is 0 Å². The predicted octanol–water partition coefficient (Wildman–Crippen LogP) is 4.63. The Kier molecular flexibility index (Phi) is 10.8. The molecular weight excluding hydrogens is 276 g/mol. The van der Waals surface area contributed by atoms with Gasteiger partial charge in [0.25, 0.3) is 0 Å². The van der Waals surface area contributed by atoms with E-state index in [4.69, 9.17) is 4.74 Å². The van der Waals surface area contributed by atoms with Gasteiger partial charge in [-0.2, -0.15) is 0 Å². The van der Waals surface area contributed by atoms with Crippen molar-refractivity contribution < 1.29 is 14.3 Å². The lowest BCUT2D eigenvalue weighted by molar-refractivity contribution is -0.140. The van der Waals surface area contributed by atoms with Gasteiger partial charge in [-0.1, -0.05) is 57.8 Å². The van der Waals surface area contributed by atoms with E-state index < -0.39 is 0 Å². The van der Waals surface area contributed by atoms with Gasteiger partial charge in [0.05, 0.1) is 13.2 Å². The summed E-state index contributed by atoms with van der Waals surface area (Å²) >= 11 is 0. The van der Waals surface area contributed by atoms with E-state index in [1.165, 1.54) is 52.1 Å². The van der Waals surface area contributed by atoms with Crippen LogP contribution in [0.15, 0.2) is 0 Å². The second kappa shape index (κ2) is 12.5. The normalized spacial score (nSPS) is 19.4. The number of epoxide rings is 1. The van der Waals surface area contributed by atoms with Crippen molar-refractivity contribution in [2.75, 3.05) is 7.11 Å². The smallest absolute Gasteiger partial charge is 0.305 e. The van der Waals surface area contributed by atoms with Crippen LogP contribution in [0.5, 0.6) is 0 Å². The molecule has 0 N–H and O–H groups in total. The van der Waals surface area contributed by atoms with Crippen molar-refractivity contribution in [3.63, 3.8) is 0 Å². The van der Waals surface area contributed by atoms with Gasteiger partial charge in [0.2, 0.25) is 0 Å². The van der Waals surface area contributed by atoms with Gasteiger partial charge in [-0.3, -0.25) is 4.79 Å². The summed E-state index contributed by atoms with van der Waals surface area (Å²) in [5, 5.41) is 0. The van der Waals surface area contributed by atoms with Gasteiger partial charge >= 0.3 is 5.97 Å². The van der Waals surface area contributed by atoms with Gasteiger partial charge in [0, 0.05) is 12.8 Å². The van der Waals surface area contributed by atoms with E-state index in [-0.39, 0.29) is 12.1 Å². The van der Waals surface area contributed by atoms with Crippen LogP contribution in [0.3, 0.4) is 0 Å². The van der Waals surface area contributed by atoms with Crippen molar-refractivity contribution in [2.45, 2.75) is 96.2 Å². The SMILES string of the molecule is CCCCCCC1OC1C#CCCCCCCCC(=O)OC. The number of methoxy groups -OCH3 is 1. The third kappa shape index (κ3) is 9.84. The van der Waals surface area contributed by atoms with Crippen LogP contribution in [0.25, 0.3) is 0 Å². The first-order valence-corrected chi connectivity index (χ1v) is 8.98. The van der Waals surface area contributed by atoms with Gasteiger partial charge in [-0.05, 0) is 19.3 Å². The third-order valence-corrected chi connectivity index (χ3v) is 4.08. The Balaban J connectivity index is 1.85. The fraction of sp³-hybridized carbons (Fsp3) is 0.842. The van der Waals surface area contributed by atoms with Gasteiger partial charge in [0.1, 0.15) is 6.10 Å². The van der Waals surface area contributed by atoms with Crippen LogP contribution in [0.2, 0.25) is 0 Å². The first kappa shape index (κ1) is 19.0. The number of carbonyl (C=O) groups excluding carboxylic acids is 1. The molecule has 0 amide bonds. The number of carbonyl (C=O) groups is 1. The molecule has 0 aliphatic carbocycles. The van der Waals surface area contributed by atoms with Crippen molar-refractivity contribution >= 4 is 5.97 Å². The van der Waals surface area contributed by atoms with Crippen LogP contribution >= 0.6 is 0 Å². The molecule has 22 heavy (non-hydrogen) atoms. The van der Waals surface area contributed by atoms with E-state index in [0.29, 0.717) is 12.5 Å². The van der Waals surface area contributed by atoms with Gasteiger partial charge in [-0.25, -0.2) is 0 Å². The minimum absolute atomic E-state index is 0.0976. The summed E-state index contributed by atoms with van der Waals surface area (Å²) in [6.07, 6.45) is 14.1. The minimum atomic E-state index is -0.0976. The van der Waals surface area contributed by atoms with E-state index in [0.717, 1.165) is 25.7 Å². The maximum Gasteiger partial charge on any atom is 0.305 e. The highest BCUT2D eigenvalue weighted by Gasteiger charge is 2.36. The molecule has 1 rings (SSSR count). The van der Waals surface area contributed by atoms with Crippen LogP contribution in [0.1, 0.15) is 84.0 Å². The first-order chi connectivity index (χ1) is 10.8. The Bertz CT molecular complexity index is 353. The van der Waals surface area contributed by atoms with E-state index in [2.05, 4.69) is 23.5 Å². The Morgan fingerprint density at radius 2 is 1.77 bits per heavy atom. The molecule has 0 aromatic carbocycles. The van der Waals surface area contributed by atoms with Crippen LogP contribution < -0.4 is 0 Å². The molecule has 1 saturated heterocycles. The molecule has 126 valence electrons. The average Bonchev–Trinajstić information content (AvgIpc) is 3.28. The van der Waals surface area contributed by atoms with E-state index in [1.807, 2.05) is 0 Å². The van der Waals surface area contributed by atoms with Crippen molar-refractivity contribution in [1.29, 1.82) is 0 Å². The predicted molar refractivity (Wildman–Crippen MR) is 89.5 cm³/mol. The lowest BCUT2D eigenvalue weighted by atomic mass is 10.1. The fourth-order valence-electron chi connectivity index (χ4n) is 2.55. The molecule has 1 aliphatic rings. The van der Waals surface area contributed by atoms with Crippen molar-refractivity contribution in [2.24, 2.45) is 0 Å². The Morgan fingerprint density at radius 3 is 2.55 bits per heavy atom. The largest absolute Gasteiger partial charge is 0.469 e. The van der Waals surface area contributed by atoms with Crippen molar-refractivity contribution in [3.8, 4) is 11.8 Å². The van der Waals surface area contributed by atoms with Crippen molar-refractivity contribution in [1.82, 2.24) is 0 Å². The summed E-state index contributed by atoms with van der Waals surface area (Å²) < 4.78 is 10.2. The summed E-state index contributed by atoms with van der Waals surface area (Å²) in [7, 11) is 1.44. The maximum absolute atomic E-state index is 10.9. The molecule has 3 nitrogen and oxygen atoms in total. The van der Waals surface area contributed by atoms with Crippen LogP contribution in [0.4, 0.5) is 0 Å². The topological polar surface area (TPSA) is 38.8 Å². The molecule has 0 aromatic heterocycles. The average molecular weight is 308 g/mol. The molecule has 0 bridgehead atoms. The molecule has 1 aliphatic heterocycles. The summed E-state index contributed by atoms with van der Waals surface area (Å²) in [5.74, 6) is 6.39. The summed E-state index contributed by atoms with van der Waals surface area (Å²) in [4.78, 5) is 10.9. The highest BCUT2D eigenvalue weighted by Crippen LogP contribution is 2.26. The summed E-state index contributed by atoms with van der Waals surface area (Å²) in [5.41, 5.74) is 0. The molecule has 0 radical (unpaired) electrons. The van der Waals surface area contributed by atoms with Crippen LogP contribution in [-0.2, 0) is 14.3 Å². The van der Waals surface area contributed by atoms with Gasteiger partial charge in [-0.15, -0.1) is 5.92 Å². The van der Waals surface area contributed by atoms with Gasteiger partial charge < -0.3 is 9.47 Å². The van der Waals surface area contributed by atoms with Crippen LogP contribution in [0, 0.1) is 11.8 Å². The van der Waals surface area contributed by atoms with E-state index >= 15 is 0 Å². The Morgan fingerprint density at radius 1 is 1.05 bits per heavy atom. The second-order valence-electron chi connectivity index (χ2n) is 6.11. The second-order valence-corrected chi connectivity index (χ2v) is 6.11. The number of hydrogen-bond acceptors (Lipinski definition) is 3. The fourth-order valence-corrected chi connectivity index (χ4v) is 2.55. The summed E-state index contributed by atoms with van der Waals surface area (Å²) in [6.45, 7) is 2.24. The summed E-state index contributed by atoms with van der Waals surface area (Å²) in [6, 6.07) is 0. The standard InChI is InChI=1S/C19H32O3/c1-3-4-5-11-14-17-18(22-17)15-12-9-7-6-8-10-13-16-19(20)21-2/h17-18H,3-11,13-14,16H2,1-2H3. The highest BCUT2D eigenvalue weighted by molar-refractivity contribution is 5.68. The zero-order valence-electron chi connectivity index (χ0n) is 14.4. The third-order valence-electron chi connectivity index (χ3n) is 4.08. The van der Waals surface area contributed by atoms with Crippen LogP contribution in [-0.4, -0.2) is 25.3 Å². The molecule has 0 spiro atoms.